The lowest BCUT2D eigenvalue weighted by Crippen LogP contribution is -2.14. The summed E-state index contributed by atoms with van der Waals surface area (Å²) in [5.41, 5.74) is -1.04. The van der Waals surface area contributed by atoms with Gasteiger partial charge in [-0.2, -0.15) is 4.39 Å². The molecule has 0 aliphatic carbocycles. The number of halogens is 4. The molecule has 4 nitrogen and oxygen atoms in total. The Balaban J connectivity index is 2.16. The summed E-state index contributed by atoms with van der Waals surface area (Å²) in [5, 5.41) is 1.69. The van der Waals surface area contributed by atoms with Crippen LogP contribution >= 0.6 is 0 Å². The monoisotopic (exact) mass is 353 g/mol. The van der Waals surface area contributed by atoms with E-state index in [1.165, 1.54) is 20.1 Å². The molecule has 3 aromatic rings. The highest BCUT2D eigenvalue weighted by atomic mass is 19.2. The number of carbonyl (C=O) groups excluding carboxylic acids is 1. The zero-order valence-corrected chi connectivity index (χ0v) is 13.0. The molecule has 1 N–H and O–H groups in total. The summed E-state index contributed by atoms with van der Waals surface area (Å²) in [6, 6.07) is 6.38. The Morgan fingerprint density at radius 2 is 1.68 bits per heavy atom. The molecule has 1 amide bonds. The number of para-hydroxylation sites is 2. The smallest absolute Gasteiger partial charge is 0.260 e. The van der Waals surface area contributed by atoms with Crippen molar-refractivity contribution >= 4 is 22.6 Å². The number of methoxy groups -OCH3 is 1. The number of aryl methyl sites for hydroxylation is 1. The molecule has 0 bridgehead atoms. The van der Waals surface area contributed by atoms with Gasteiger partial charge in [0.05, 0.1) is 23.7 Å². The molecule has 3 rings (SSSR count). The van der Waals surface area contributed by atoms with E-state index < -0.39 is 45.7 Å². The average molecular weight is 353 g/mol. The second kappa shape index (κ2) is 6.12. The molecule has 0 aliphatic rings. The lowest BCUT2D eigenvalue weighted by atomic mass is 10.1. The van der Waals surface area contributed by atoms with Crippen LogP contribution in [0.5, 0.6) is 5.75 Å². The molecular weight excluding hydrogens is 342 g/mol. The minimum Gasteiger partial charge on any atom is -0.495 e. The fraction of sp³-hybridized carbons (Fsp3) is 0.118. The number of hydrogen-bond donors (Lipinski definition) is 1. The van der Waals surface area contributed by atoms with E-state index in [-0.39, 0.29) is 11.4 Å². The molecule has 130 valence electrons. The molecule has 25 heavy (non-hydrogen) atoms. The summed E-state index contributed by atoms with van der Waals surface area (Å²) in [5.74, 6) is -8.17. The Labute approximate surface area is 139 Å². The molecule has 0 atom stereocenters. The van der Waals surface area contributed by atoms with Crippen molar-refractivity contribution in [3.8, 4) is 5.75 Å². The van der Waals surface area contributed by atoms with E-state index in [1.54, 1.807) is 18.2 Å². The van der Waals surface area contributed by atoms with E-state index in [9.17, 15) is 22.4 Å². The summed E-state index contributed by atoms with van der Waals surface area (Å²) >= 11 is 0. The molecule has 0 spiro atoms. The Morgan fingerprint density at radius 3 is 2.36 bits per heavy atom. The van der Waals surface area contributed by atoms with E-state index in [0.717, 1.165) is 0 Å². The van der Waals surface area contributed by atoms with Gasteiger partial charge in [-0.05, 0) is 19.1 Å². The largest absolute Gasteiger partial charge is 0.495 e. The summed E-state index contributed by atoms with van der Waals surface area (Å²) in [4.78, 5) is 12.5. The van der Waals surface area contributed by atoms with Gasteiger partial charge >= 0.3 is 0 Å². The molecule has 0 saturated heterocycles. The first-order chi connectivity index (χ1) is 11.9. The first kappa shape index (κ1) is 16.8. The first-order valence-corrected chi connectivity index (χ1v) is 7.06. The van der Waals surface area contributed by atoms with Gasteiger partial charge in [0.2, 0.25) is 11.6 Å². The van der Waals surface area contributed by atoms with Crippen molar-refractivity contribution in [1.29, 1.82) is 0 Å². The van der Waals surface area contributed by atoms with Gasteiger partial charge < -0.3 is 14.5 Å². The van der Waals surface area contributed by atoms with E-state index in [4.69, 9.17) is 9.15 Å². The van der Waals surface area contributed by atoms with Crippen LogP contribution in [0.3, 0.4) is 0 Å². The van der Waals surface area contributed by atoms with E-state index >= 15 is 0 Å². The van der Waals surface area contributed by atoms with E-state index in [0.29, 0.717) is 5.75 Å². The van der Waals surface area contributed by atoms with Crippen LogP contribution in [0.4, 0.5) is 23.2 Å². The van der Waals surface area contributed by atoms with Crippen molar-refractivity contribution in [2.24, 2.45) is 0 Å². The minimum atomic E-state index is -2.02. The highest BCUT2D eigenvalue weighted by molar-refractivity contribution is 6.13. The molecule has 1 aromatic heterocycles. The van der Waals surface area contributed by atoms with Crippen LogP contribution in [0.1, 0.15) is 16.1 Å². The third kappa shape index (κ3) is 2.59. The number of benzene rings is 2. The van der Waals surface area contributed by atoms with Gasteiger partial charge in [0, 0.05) is 0 Å². The molecule has 8 heteroatoms. The number of carbonyl (C=O) groups is 1. The minimum absolute atomic E-state index is 0.190. The van der Waals surface area contributed by atoms with Crippen LogP contribution in [0, 0.1) is 30.2 Å². The van der Waals surface area contributed by atoms with Crippen LogP contribution in [0.2, 0.25) is 0 Å². The predicted octanol–water partition coefficient (Wildman–Crippen LogP) is 4.56. The lowest BCUT2D eigenvalue weighted by molar-refractivity contribution is 0.102. The molecule has 0 radical (unpaired) electrons. The Kier molecular flexibility index (Phi) is 4.12. The van der Waals surface area contributed by atoms with Crippen LogP contribution in [0.25, 0.3) is 11.0 Å². The summed E-state index contributed by atoms with van der Waals surface area (Å²) in [7, 11) is 1.39. The van der Waals surface area contributed by atoms with Crippen LogP contribution < -0.4 is 10.1 Å². The van der Waals surface area contributed by atoms with Gasteiger partial charge in [0.25, 0.3) is 5.91 Å². The zero-order chi connectivity index (χ0) is 18.3. The van der Waals surface area contributed by atoms with Gasteiger partial charge in [0.1, 0.15) is 11.5 Å². The van der Waals surface area contributed by atoms with Gasteiger partial charge in [-0.1, -0.05) is 12.1 Å². The molecule has 0 aliphatic heterocycles. The van der Waals surface area contributed by atoms with Crippen molar-refractivity contribution in [2.75, 3.05) is 12.4 Å². The third-order valence-corrected chi connectivity index (χ3v) is 3.66. The average Bonchev–Trinajstić information content (AvgIpc) is 2.96. The Hall–Kier alpha value is -3.03. The number of ether oxygens (including phenoxy) is 1. The third-order valence-electron chi connectivity index (χ3n) is 3.66. The van der Waals surface area contributed by atoms with Crippen molar-refractivity contribution in [1.82, 2.24) is 0 Å². The fourth-order valence-electron chi connectivity index (χ4n) is 2.52. The SMILES string of the molecule is COc1ccccc1NC(=O)c1c(C)oc2c(F)c(F)c(F)c(F)c12. The first-order valence-electron chi connectivity index (χ1n) is 7.06. The van der Waals surface area contributed by atoms with E-state index in [1.807, 2.05) is 0 Å². The van der Waals surface area contributed by atoms with Crippen LogP contribution in [-0.4, -0.2) is 13.0 Å². The normalized spacial score (nSPS) is 11.0. The zero-order valence-electron chi connectivity index (χ0n) is 13.0. The number of amides is 1. The van der Waals surface area contributed by atoms with Gasteiger partial charge in [-0.15, -0.1) is 0 Å². The van der Waals surface area contributed by atoms with Crippen molar-refractivity contribution in [3.05, 3.63) is 58.9 Å². The maximum atomic E-state index is 14.1. The number of rotatable bonds is 3. The van der Waals surface area contributed by atoms with Crippen LogP contribution in [-0.2, 0) is 0 Å². The molecule has 2 aromatic carbocycles. The number of anilines is 1. The maximum Gasteiger partial charge on any atom is 0.260 e. The lowest BCUT2D eigenvalue weighted by Gasteiger charge is -2.09. The Bertz CT molecular complexity index is 997. The molecule has 1 heterocycles. The van der Waals surface area contributed by atoms with Crippen molar-refractivity contribution < 1.29 is 31.5 Å². The summed E-state index contributed by atoms with van der Waals surface area (Å²) in [6.07, 6.45) is 0. The Morgan fingerprint density at radius 1 is 1.04 bits per heavy atom. The van der Waals surface area contributed by atoms with Gasteiger partial charge in [-0.25, -0.2) is 13.2 Å². The second-order valence-corrected chi connectivity index (χ2v) is 5.15. The standard InChI is InChI=1S/C17H11F4NO3/c1-7-10(17(23)22-8-5-3-4-6-9(8)24-2)11-12(18)13(19)14(20)15(21)16(11)25-7/h3-6H,1-2H3,(H,22,23). The van der Waals surface area contributed by atoms with Crippen molar-refractivity contribution in [2.45, 2.75) is 6.92 Å². The number of fused-ring (bicyclic) bond motifs is 1. The fourth-order valence-corrected chi connectivity index (χ4v) is 2.52. The van der Waals surface area contributed by atoms with Crippen LogP contribution in [0.15, 0.2) is 28.7 Å². The highest BCUT2D eigenvalue weighted by Crippen LogP contribution is 2.34. The number of hydrogen-bond acceptors (Lipinski definition) is 3. The summed E-state index contributed by atoms with van der Waals surface area (Å²) in [6.45, 7) is 1.26. The highest BCUT2D eigenvalue weighted by Gasteiger charge is 2.30. The van der Waals surface area contributed by atoms with E-state index in [2.05, 4.69) is 5.32 Å². The van der Waals surface area contributed by atoms with Crippen molar-refractivity contribution in [3.63, 3.8) is 0 Å². The topological polar surface area (TPSA) is 51.5 Å². The molecular formula is C17H11F4NO3. The second-order valence-electron chi connectivity index (χ2n) is 5.15. The molecule has 0 fully saturated rings. The quantitative estimate of drug-likeness (QED) is 0.427. The van der Waals surface area contributed by atoms with Gasteiger partial charge in [0.15, 0.2) is 17.2 Å². The number of nitrogens with one attached hydrogen (secondary N) is 1. The molecule has 0 unspecified atom stereocenters. The predicted molar refractivity (Wildman–Crippen MR) is 81.7 cm³/mol. The van der Waals surface area contributed by atoms with Gasteiger partial charge in [-0.3, -0.25) is 4.79 Å². The summed E-state index contributed by atoms with van der Waals surface area (Å²) < 4.78 is 64.8. The maximum absolute atomic E-state index is 14.1. The number of furan rings is 1. The molecule has 0 saturated carbocycles.